The molecule has 0 saturated heterocycles. The first-order valence-electron chi connectivity index (χ1n) is 7.47. The Kier molecular flexibility index (Phi) is 6.13. The SMILES string of the molecule is N[C@@H](Cc1ccc(OC(=O)C=Cc2ccc(O)c(O)c2)cc1)C(O)O. The van der Waals surface area contributed by atoms with Gasteiger partial charge in [-0.1, -0.05) is 18.2 Å². The highest BCUT2D eigenvalue weighted by molar-refractivity contribution is 5.88. The second kappa shape index (κ2) is 8.29. The van der Waals surface area contributed by atoms with Gasteiger partial charge in [0.1, 0.15) is 5.75 Å². The number of aromatic hydroxyl groups is 2. The molecule has 2 rings (SSSR count). The first-order chi connectivity index (χ1) is 11.8. The molecule has 0 aliphatic rings. The van der Waals surface area contributed by atoms with Gasteiger partial charge in [-0.2, -0.15) is 0 Å². The van der Waals surface area contributed by atoms with Crippen LogP contribution in [0.1, 0.15) is 11.1 Å². The fourth-order valence-electron chi connectivity index (χ4n) is 2.03. The Morgan fingerprint density at radius 1 is 1.08 bits per heavy atom. The van der Waals surface area contributed by atoms with Crippen LogP contribution in [0.25, 0.3) is 6.08 Å². The molecule has 0 aromatic heterocycles. The summed E-state index contributed by atoms with van der Waals surface area (Å²) >= 11 is 0. The Morgan fingerprint density at radius 2 is 1.76 bits per heavy atom. The lowest BCUT2D eigenvalue weighted by molar-refractivity contribution is -0.128. The van der Waals surface area contributed by atoms with E-state index in [0.29, 0.717) is 11.3 Å². The number of phenols is 2. The van der Waals surface area contributed by atoms with Crippen molar-refractivity contribution in [3.63, 3.8) is 0 Å². The lowest BCUT2D eigenvalue weighted by Gasteiger charge is -2.13. The summed E-state index contributed by atoms with van der Waals surface area (Å²) in [6.07, 6.45) is 1.31. The van der Waals surface area contributed by atoms with Crippen LogP contribution in [-0.2, 0) is 11.2 Å². The number of carbonyl (C=O) groups is 1. The van der Waals surface area contributed by atoms with Gasteiger partial charge in [0, 0.05) is 6.08 Å². The Morgan fingerprint density at radius 3 is 2.36 bits per heavy atom. The largest absolute Gasteiger partial charge is 0.504 e. The van der Waals surface area contributed by atoms with Crippen molar-refractivity contribution in [1.29, 1.82) is 0 Å². The van der Waals surface area contributed by atoms with Crippen LogP contribution < -0.4 is 10.5 Å². The molecule has 7 heteroatoms. The van der Waals surface area contributed by atoms with Crippen molar-refractivity contribution in [3.05, 3.63) is 59.7 Å². The van der Waals surface area contributed by atoms with E-state index in [9.17, 15) is 15.0 Å². The average molecular weight is 345 g/mol. The van der Waals surface area contributed by atoms with E-state index in [-0.39, 0.29) is 17.9 Å². The number of rotatable bonds is 6. The van der Waals surface area contributed by atoms with E-state index in [1.165, 1.54) is 30.4 Å². The minimum Gasteiger partial charge on any atom is -0.504 e. The molecule has 7 nitrogen and oxygen atoms in total. The van der Waals surface area contributed by atoms with Crippen LogP contribution in [0, 0.1) is 0 Å². The number of nitrogens with two attached hydrogens (primary N) is 1. The second-order valence-corrected chi connectivity index (χ2v) is 5.43. The average Bonchev–Trinajstić information content (AvgIpc) is 2.57. The first-order valence-corrected chi connectivity index (χ1v) is 7.47. The van der Waals surface area contributed by atoms with Crippen LogP contribution >= 0.6 is 0 Å². The molecule has 2 aromatic rings. The van der Waals surface area contributed by atoms with Crippen molar-refractivity contribution in [3.8, 4) is 17.2 Å². The van der Waals surface area contributed by atoms with Crippen LogP contribution in [0.5, 0.6) is 17.2 Å². The fourth-order valence-corrected chi connectivity index (χ4v) is 2.03. The maximum atomic E-state index is 11.8. The van der Waals surface area contributed by atoms with Gasteiger partial charge in [0.2, 0.25) is 0 Å². The van der Waals surface area contributed by atoms with Gasteiger partial charge in [-0.15, -0.1) is 0 Å². The Bertz CT molecular complexity index is 755. The smallest absolute Gasteiger partial charge is 0.336 e. The summed E-state index contributed by atoms with van der Waals surface area (Å²) in [5, 5.41) is 36.5. The molecule has 0 bridgehead atoms. The van der Waals surface area contributed by atoms with E-state index in [1.54, 1.807) is 24.3 Å². The topological polar surface area (TPSA) is 133 Å². The molecule has 0 radical (unpaired) electrons. The summed E-state index contributed by atoms with van der Waals surface area (Å²) in [7, 11) is 0. The normalized spacial score (nSPS) is 12.5. The molecule has 0 aliphatic heterocycles. The molecule has 0 fully saturated rings. The summed E-state index contributed by atoms with van der Waals surface area (Å²) in [5.41, 5.74) is 6.85. The van der Waals surface area contributed by atoms with Crippen molar-refractivity contribution in [2.75, 3.05) is 0 Å². The van der Waals surface area contributed by atoms with Gasteiger partial charge in [-0.3, -0.25) is 0 Å². The Labute approximate surface area is 144 Å². The van der Waals surface area contributed by atoms with E-state index in [2.05, 4.69) is 0 Å². The van der Waals surface area contributed by atoms with Gasteiger partial charge in [0.25, 0.3) is 0 Å². The summed E-state index contributed by atoms with van der Waals surface area (Å²) in [6.45, 7) is 0. The highest BCUT2D eigenvalue weighted by Gasteiger charge is 2.11. The minimum absolute atomic E-state index is 0.242. The third-order valence-corrected chi connectivity index (χ3v) is 3.41. The fraction of sp³-hybridized carbons (Fsp3) is 0.167. The zero-order chi connectivity index (χ0) is 18.4. The van der Waals surface area contributed by atoms with Crippen molar-refractivity contribution in [1.82, 2.24) is 0 Å². The molecule has 0 heterocycles. The highest BCUT2D eigenvalue weighted by atomic mass is 16.5. The second-order valence-electron chi connectivity index (χ2n) is 5.43. The minimum atomic E-state index is -1.60. The van der Waals surface area contributed by atoms with Crippen molar-refractivity contribution >= 4 is 12.0 Å². The molecule has 0 unspecified atom stereocenters. The van der Waals surface area contributed by atoms with Crippen LogP contribution in [0.4, 0.5) is 0 Å². The molecular weight excluding hydrogens is 326 g/mol. The predicted octanol–water partition coefficient (Wildman–Crippen LogP) is 0.897. The molecular formula is C18H19NO6. The van der Waals surface area contributed by atoms with Gasteiger partial charge in [0.15, 0.2) is 17.8 Å². The molecule has 2 aromatic carbocycles. The molecule has 1 atom stereocenters. The highest BCUT2D eigenvalue weighted by Crippen LogP contribution is 2.25. The number of ether oxygens (including phenoxy) is 1. The van der Waals surface area contributed by atoms with Gasteiger partial charge in [0.05, 0.1) is 6.04 Å². The third kappa shape index (κ3) is 5.61. The van der Waals surface area contributed by atoms with E-state index in [1.807, 2.05) is 0 Å². The predicted molar refractivity (Wildman–Crippen MR) is 90.8 cm³/mol. The lowest BCUT2D eigenvalue weighted by Crippen LogP contribution is -2.36. The first kappa shape index (κ1) is 18.5. The number of hydrogen-bond acceptors (Lipinski definition) is 7. The molecule has 0 amide bonds. The molecule has 0 saturated carbocycles. The van der Waals surface area contributed by atoms with Gasteiger partial charge < -0.3 is 30.9 Å². The molecule has 132 valence electrons. The monoisotopic (exact) mass is 345 g/mol. The summed E-state index contributed by atoms with van der Waals surface area (Å²) < 4.78 is 5.13. The van der Waals surface area contributed by atoms with Gasteiger partial charge >= 0.3 is 5.97 Å². The Hall–Kier alpha value is -2.87. The van der Waals surface area contributed by atoms with Crippen molar-refractivity contribution < 1.29 is 30.0 Å². The van der Waals surface area contributed by atoms with Crippen molar-refractivity contribution in [2.24, 2.45) is 5.73 Å². The summed E-state index contributed by atoms with van der Waals surface area (Å²) in [4.78, 5) is 11.8. The van der Waals surface area contributed by atoms with E-state index in [4.69, 9.17) is 20.7 Å². The number of benzene rings is 2. The van der Waals surface area contributed by atoms with Crippen LogP contribution in [-0.4, -0.2) is 38.7 Å². The van der Waals surface area contributed by atoms with Crippen LogP contribution in [0.3, 0.4) is 0 Å². The van der Waals surface area contributed by atoms with Gasteiger partial charge in [-0.05, 0) is 47.9 Å². The Balaban J connectivity index is 1.93. The molecule has 25 heavy (non-hydrogen) atoms. The number of carbonyl (C=O) groups excluding carboxylic acids is 1. The number of aliphatic hydroxyl groups is 2. The van der Waals surface area contributed by atoms with Crippen LogP contribution in [0.15, 0.2) is 48.5 Å². The molecule has 0 spiro atoms. The number of phenolic OH excluding ortho intramolecular Hbond substituents is 2. The van der Waals surface area contributed by atoms with E-state index in [0.717, 1.165) is 5.56 Å². The molecule has 0 aliphatic carbocycles. The van der Waals surface area contributed by atoms with Crippen molar-refractivity contribution in [2.45, 2.75) is 18.8 Å². The zero-order valence-electron chi connectivity index (χ0n) is 13.2. The van der Waals surface area contributed by atoms with E-state index >= 15 is 0 Å². The maximum absolute atomic E-state index is 11.8. The maximum Gasteiger partial charge on any atom is 0.336 e. The quantitative estimate of drug-likeness (QED) is 0.173. The summed E-state index contributed by atoms with van der Waals surface area (Å²) in [5.74, 6) is -0.807. The zero-order valence-corrected chi connectivity index (χ0v) is 13.2. The van der Waals surface area contributed by atoms with Crippen LogP contribution in [0.2, 0.25) is 0 Å². The third-order valence-electron chi connectivity index (χ3n) is 3.41. The number of aliphatic hydroxyl groups excluding tert-OH is 1. The number of esters is 1. The number of hydrogen-bond donors (Lipinski definition) is 5. The summed E-state index contributed by atoms with van der Waals surface area (Å²) in [6, 6.07) is 9.86. The lowest BCUT2D eigenvalue weighted by atomic mass is 10.1. The van der Waals surface area contributed by atoms with E-state index < -0.39 is 18.3 Å². The molecule has 6 N–H and O–H groups in total. The van der Waals surface area contributed by atoms with Gasteiger partial charge in [-0.25, -0.2) is 4.79 Å². The standard InChI is InChI=1S/C18H19NO6/c19-14(18(23)24)9-11-1-5-13(6-2-11)25-17(22)8-4-12-3-7-15(20)16(21)10-12/h1-8,10,14,18,20-21,23-24H,9,19H2/t14-/m0/s1.